The van der Waals surface area contributed by atoms with Gasteiger partial charge in [0.15, 0.2) is 0 Å². The Morgan fingerprint density at radius 2 is 1.88 bits per heavy atom. The number of rotatable bonds is 3. The molecule has 1 aromatic heterocycles. The van der Waals surface area contributed by atoms with E-state index in [2.05, 4.69) is 16.0 Å². The van der Waals surface area contributed by atoms with Crippen LogP contribution in [0, 0.1) is 11.3 Å². The maximum Gasteiger partial charge on any atom is 0.291 e. The van der Waals surface area contributed by atoms with Crippen LogP contribution in [0.3, 0.4) is 0 Å². The molecule has 0 saturated carbocycles. The van der Waals surface area contributed by atoms with Crippen molar-refractivity contribution in [2.24, 2.45) is 0 Å². The van der Waals surface area contributed by atoms with Crippen molar-refractivity contribution in [3.8, 4) is 6.07 Å². The Morgan fingerprint density at radius 1 is 1.12 bits per heavy atom. The van der Waals surface area contributed by atoms with Crippen LogP contribution in [0.15, 0.2) is 60.4 Å². The number of carbonyl (C=O) groups excluding carboxylic acids is 2. The Kier molecular flexibility index (Phi) is 4.07. The van der Waals surface area contributed by atoms with E-state index in [1.807, 2.05) is 42.6 Å². The van der Waals surface area contributed by atoms with Crippen molar-refractivity contribution in [3.05, 3.63) is 77.1 Å². The highest BCUT2D eigenvalue weighted by Crippen LogP contribution is 2.27. The molecule has 2 heterocycles. The summed E-state index contributed by atoms with van der Waals surface area (Å²) in [4.78, 5) is 23.2. The molecule has 2 aromatic carbocycles. The molecular weight excluding hydrogens is 346 g/mol. The lowest BCUT2D eigenvalue weighted by atomic mass is 10.1. The number of thioether (sulfide) groups is 1. The van der Waals surface area contributed by atoms with Crippen LogP contribution in [0.2, 0.25) is 0 Å². The fourth-order valence-electron chi connectivity index (χ4n) is 2.98. The number of carbonyl (C=O) groups is 2. The monoisotopic (exact) mass is 359 g/mol. The second-order valence-electron chi connectivity index (χ2n) is 5.90. The van der Waals surface area contributed by atoms with E-state index in [9.17, 15) is 9.59 Å². The molecule has 126 valence electrons. The molecule has 4 rings (SSSR count). The van der Waals surface area contributed by atoms with E-state index in [-0.39, 0.29) is 10.4 Å². The van der Waals surface area contributed by atoms with E-state index >= 15 is 0 Å². The minimum atomic E-state index is -0.345. The Balaban J connectivity index is 1.74. The second kappa shape index (κ2) is 6.54. The van der Waals surface area contributed by atoms with E-state index < -0.39 is 0 Å². The minimum absolute atomic E-state index is 0.265. The first-order valence-corrected chi connectivity index (χ1v) is 8.77. The van der Waals surface area contributed by atoms with Gasteiger partial charge in [0, 0.05) is 41.0 Å². The first-order valence-electron chi connectivity index (χ1n) is 7.96. The number of fused-ring (bicyclic) bond motifs is 1. The lowest BCUT2D eigenvalue weighted by molar-refractivity contribution is -0.107. The number of amides is 1. The lowest BCUT2D eigenvalue weighted by Crippen LogP contribution is -2.10. The zero-order valence-electron chi connectivity index (χ0n) is 13.6. The SMILES string of the molecule is N#Cc1ccc(Cn2cc(C=C3NC(=O)SC3=O)c3ccccc32)cc1. The molecule has 1 N–H and O–H groups in total. The van der Waals surface area contributed by atoms with Gasteiger partial charge in [0.25, 0.3) is 5.24 Å². The highest BCUT2D eigenvalue weighted by atomic mass is 32.2. The van der Waals surface area contributed by atoms with Gasteiger partial charge in [0.2, 0.25) is 5.12 Å². The third-order valence-corrected chi connectivity index (χ3v) is 4.89. The number of nitrogens with zero attached hydrogens (tertiary/aromatic N) is 2. The number of nitriles is 1. The van der Waals surface area contributed by atoms with Crippen molar-refractivity contribution in [3.63, 3.8) is 0 Å². The quantitative estimate of drug-likeness (QED) is 0.720. The number of hydrogen-bond acceptors (Lipinski definition) is 4. The van der Waals surface area contributed by atoms with Gasteiger partial charge in [0.05, 0.1) is 17.3 Å². The van der Waals surface area contributed by atoms with Crippen LogP contribution < -0.4 is 5.32 Å². The molecule has 0 bridgehead atoms. The summed E-state index contributed by atoms with van der Waals surface area (Å²) in [5, 5.41) is 11.9. The fraction of sp³-hybridized carbons (Fsp3) is 0.0500. The van der Waals surface area contributed by atoms with E-state index in [0.717, 1.165) is 22.0 Å². The van der Waals surface area contributed by atoms with Gasteiger partial charge in [-0.25, -0.2) is 0 Å². The highest BCUT2D eigenvalue weighted by Gasteiger charge is 2.25. The second-order valence-corrected chi connectivity index (χ2v) is 6.84. The Labute approximate surface area is 153 Å². The summed E-state index contributed by atoms with van der Waals surface area (Å²) in [6, 6.07) is 17.5. The molecule has 1 aliphatic heterocycles. The third kappa shape index (κ3) is 3.01. The summed E-state index contributed by atoms with van der Waals surface area (Å²) in [6.45, 7) is 0.643. The maximum atomic E-state index is 11.9. The van der Waals surface area contributed by atoms with Gasteiger partial charge in [-0.05, 0) is 29.8 Å². The average Bonchev–Trinajstić information content (AvgIpc) is 3.16. The number of nitrogens with one attached hydrogen (secondary N) is 1. The van der Waals surface area contributed by atoms with E-state index in [0.29, 0.717) is 29.6 Å². The zero-order chi connectivity index (χ0) is 18.1. The molecule has 1 fully saturated rings. The standard InChI is InChI=1S/C20H13N3O2S/c21-10-13-5-7-14(8-6-13)11-23-12-15(16-3-1-2-4-18(16)23)9-17-19(24)26-20(25)22-17/h1-9,12H,11H2,(H,22,25). The molecule has 5 nitrogen and oxygen atoms in total. The first-order chi connectivity index (χ1) is 12.6. The number of aromatic nitrogens is 1. The summed E-state index contributed by atoms with van der Waals surface area (Å²) < 4.78 is 2.09. The highest BCUT2D eigenvalue weighted by molar-refractivity contribution is 8.27. The maximum absolute atomic E-state index is 11.9. The molecule has 0 aliphatic carbocycles. The van der Waals surface area contributed by atoms with Crippen LogP contribution in [0.5, 0.6) is 0 Å². The van der Waals surface area contributed by atoms with Crippen molar-refractivity contribution in [2.45, 2.75) is 6.54 Å². The lowest BCUT2D eigenvalue weighted by Gasteiger charge is -2.05. The van der Waals surface area contributed by atoms with Crippen LogP contribution in [0.4, 0.5) is 4.79 Å². The predicted octanol–water partition coefficient (Wildman–Crippen LogP) is 3.89. The molecule has 0 spiro atoms. The van der Waals surface area contributed by atoms with Gasteiger partial charge in [0.1, 0.15) is 0 Å². The molecular formula is C20H13N3O2S. The minimum Gasteiger partial charge on any atom is -0.342 e. The van der Waals surface area contributed by atoms with Gasteiger partial charge >= 0.3 is 0 Å². The Bertz CT molecular complexity index is 1100. The number of para-hydroxylation sites is 1. The first kappa shape index (κ1) is 16.2. The van der Waals surface area contributed by atoms with Crippen molar-refractivity contribution in [2.75, 3.05) is 0 Å². The third-order valence-electron chi connectivity index (χ3n) is 4.20. The molecule has 6 heteroatoms. The van der Waals surface area contributed by atoms with Gasteiger partial charge in [-0.3, -0.25) is 9.59 Å². The molecule has 3 aromatic rings. The van der Waals surface area contributed by atoms with Gasteiger partial charge in [-0.2, -0.15) is 5.26 Å². The van der Waals surface area contributed by atoms with E-state index in [4.69, 9.17) is 5.26 Å². The zero-order valence-corrected chi connectivity index (χ0v) is 14.4. The predicted molar refractivity (Wildman–Crippen MR) is 101 cm³/mol. The van der Waals surface area contributed by atoms with Crippen LogP contribution >= 0.6 is 11.8 Å². The summed E-state index contributed by atoms with van der Waals surface area (Å²) in [5.74, 6) is 0. The van der Waals surface area contributed by atoms with Crippen LogP contribution in [0.1, 0.15) is 16.7 Å². The summed E-state index contributed by atoms with van der Waals surface area (Å²) >= 11 is 0.676. The van der Waals surface area contributed by atoms with E-state index in [1.165, 1.54) is 0 Å². The molecule has 1 saturated heterocycles. The molecule has 0 radical (unpaired) electrons. The fourth-order valence-corrected chi connectivity index (χ4v) is 3.53. The topological polar surface area (TPSA) is 74.9 Å². The summed E-state index contributed by atoms with van der Waals surface area (Å²) in [6.07, 6.45) is 3.69. The normalized spacial score (nSPS) is 15.4. The molecule has 26 heavy (non-hydrogen) atoms. The van der Waals surface area contributed by atoms with Crippen molar-refractivity contribution in [1.29, 1.82) is 5.26 Å². The van der Waals surface area contributed by atoms with Gasteiger partial charge in [-0.15, -0.1) is 0 Å². The van der Waals surface area contributed by atoms with Crippen LogP contribution in [-0.2, 0) is 11.3 Å². The number of hydrogen-bond donors (Lipinski definition) is 1. The Morgan fingerprint density at radius 3 is 2.58 bits per heavy atom. The van der Waals surface area contributed by atoms with Crippen molar-refractivity contribution in [1.82, 2.24) is 9.88 Å². The van der Waals surface area contributed by atoms with Crippen molar-refractivity contribution >= 4 is 39.1 Å². The summed E-state index contributed by atoms with van der Waals surface area (Å²) in [7, 11) is 0. The molecule has 1 amide bonds. The number of benzene rings is 2. The smallest absolute Gasteiger partial charge is 0.291 e. The molecule has 1 aliphatic rings. The summed E-state index contributed by atoms with van der Waals surface area (Å²) in [5.41, 5.74) is 3.92. The molecule has 0 atom stereocenters. The largest absolute Gasteiger partial charge is 0.342 e. The average molecular weight is 359 g/mol. The van der Waals surface area contributed by atoms with E-state index in [1.54, 1.807) is 18.2 Å². The Hall–Kier alpha value is -3.30. The van der Waals surface area contributed by atoms with Crippen LogP contribution in [0.25, 0.3) is 17.0 Å². The van der Waals surface area contributed by atoms with Gasteiger partial charge in [-0.1, -0.05) is 30.3 Å². The van der Waals surface area contributed by atoms with Gasteiger partial charge < -0.3 is 9.88 Å². The molecule has 0 unspecified atom stereocenters. The van der Waals surface area contributed by atoms with Crippen LogP contribution in [-0.4, -0.2) is 14.9 Å². The van der Waals surface area contributed by atoms with Crippen molar-refractivity contribution < 1.29 is 9.59 Å².